The van der Waals surface area contributed by atoms with Crippen molar-refractivity contribution in [3.05, 3.63) is 84.6 Å². The maximum atomic E-state index is 12.9. The molecule has 0 atom stereocenters. The Morgan fingerprint density at radius 3 is 2.33 bits per heavy atom. The van der Waals surface area contributed by atoms with Crippen LogP contribution in [0.1, 0.15) is 23.3 Å². The highest BCUT2D eigenvalue weighted by Crippen LogP contribution is 2.30. The molecule has 0 unspecified atom stereocenters. The second kappa shape index (κ2) is 7.48. The molecule has 1 fully saturated rings. The fourth-order valence-corrected chi connectivity index (χ4v) is 3.38. The molecule has 30 heavy (non-hydrogen) atoms. The molecule has 148 valence electrons. The van der Waals surface area contributed by atoms with Gasteiger partial charge in [-0.15, -0.1) is 0 Å². The van der Waals surface area contributed by atoms with Crippen LogP contribution in [0.25, 0.3) is 16.5 Å². The molecule has 1 heterocycles. The summed E-state index contributed by atoms with van der Waals surface area (Å²) in [7, 11) is 0. The minimum Gasteiger partial charge on any atom is -0.321 e. The van der Waals surface area contributed by atoms with Gasteiger partial charge in [-0.1, -0.05) is 48.5 Å². The number of amides is 2. The number of carbonyl (C=O) groups is 2. The molecular formula is C24H20N4O2. The van der Waals surface area contributed by atoms with Crippen molar-refractivity contribution in [2.75, 3.05) is 10.6 Å². The third-order valence-corrected chi connectivity index (χ3v) is 5.15. The summed E-state index contributed by atoms with van der Waals surface area (Å²) >= 11 is 0. The molecular weight excluding hydrogens is 376 g/mol. The standard InChI is InChI=1S/C24H20N4O2/c29-23(17-10-11-17)26-22-15-21(27-28(22)20-8-2-1-3-9-20)24(30)25-19-13-12-16-6-4-5-7-18(16)14-19/h1-9,12-15,17H,10-11H2,(H,25,30)(H,26,29). The Morgan fingerprint density at radius 2 is 1.57 bits per heavy atom. The van der Waals surface area contributed by atoms with Gasteiger partial charge in [0.05, 0.1) is 5.69 Å². The van der Waals surface area contributed by atoms with Gasteiger partial charge in [-0.2, -0.15) is 5.10 Å². The van der Waals surface area contributed by atoms with Crippen molar-refractivity contribution in [2.24, 2.45) is 5.92 Å². The van der Waals surface area contributed by atoms with Gasteiger partial charge in [-0.05, 0) is 47.9 Å². The summed E-state index contributed by atoms with van der Waals surface area (Å²) in [5.41, 5.74) is 1.70. The first-order valence-electron chi connectivity index (χ1n) is 9.94. The number of nitrogens with zero attached hydrogens (tertiary/aromatic N) is 2. The van der Waals surface area contributed by atoms with Gasteiger partial charge < -0.3 is 10.6 Å². The normalized spacial score (nSPS) is 13.2. The Balaban J connectivity index is 1.44. The van der Waals surface area contributed by atoms with Crippen LogP contribution in [-0.4, -0.2) is 21.6 Å². The number of aromatic nitrogens is 2. The van der Waals surface area contributed by atoms with Crippen molar-refractivity contribution < 1.29 is 9.59 Å². The summed E-state index contributed by atoms with van der Waals surface area (Å²) in [6.45, 7) is 0. The topological polar surface area (TPSA) is 76.0 Å². The molecule has 0 spiro atoms. The highest BCUT2D eigenvalue weighted by molar-refractivity contribution is 6.05. The summed E-state index contributed by atoms with van der Waals surface area (Å²) in [6.07, 6.45) is 1.81. The second-order valence-corrected chi connectivity index (χ2v) is 7.44. The van der Waals surface area contributed by atoms with Gasteiger partial charge in [-0.25, -0.2) is 4.68 Å². The molecule has 4 aromatic rings. The van der Waals surface area contributed by atoms with E-state index in [1.165, 1.54) is 0 Å². The number of para-hydroxylation sites is 1. The van der Waals surface area contributed by atoms with E-state index in [9.17, 15) is 9.59 Å². The van der Waals surface area contributed by atoms with Crippen LogP contribution in [0.2, 0.25) is 0 Å². The smallest absolute Gasteiger partial charge is 0.276 e. The molecule has 5 rings (SSSR count). The molecule has 1 aromatic heterocycles. The first-order valence-corrected chi connectivity index (χ1v) is 9.94. The molecule has 6 nitrogen and oxygen atoms in total. The van der Waals surface area contributed by atoms with Crippen LogP contribution in [0.5, 0.6) is 0 Å². The zero-order valence-electron chi connectivity index (χ0n) is 16.2. The van der Waals surface area contributed by atoms with E-state index in [1.807, 2.05) is 72.8 Å². The molecule has 6 heteroatoms. The Labute approximate surface area is 173 Å². The Bertz CT molecular complexity index is 1240. The molecule has 1 aliphatic carbocycles. The van der Waals surface area contributed by atoms with Crippen molar-refractivity contribution in [1.82, 2.24) is 9.78 Å². The second-order valence-electron chi connectivity index (χ2n) is 7.44. The maximum absolute atomic E-state index is 12.9. The number of benzene rings is 3. The maximum Gasteiger partial charge on any atom is 0.276 e. The molecule has 0 radical (unpaired) electrons. The van der Waals surface area contributed by atoms with Gasteiger partial charge in [0.2, 0.25) is 5.91 Å². The number of carbonyl (C=O) groups excluding carboxylic acids is 2. The van der Waals surface area contributed by atoms with Gasteiger partial charge in [0, 0.05) is 17.7 Å². The predicted molar refractivity (Wildman–Crippen MR) is 117 cm³/mol. The van der Waals surface area contributed by atoms with E-state index in [-0.39, 0.29) is 23.4 Å². The van der Waals surface area contributed by atoms with Crippen LogP contribution in [0, 0.1) is 5.92 Å². The van der Waals surface area contributed by atoms with Crippen LogP contribution >= 0.6 is 0 Å². The van der Waals surface area contributed by atoms with Crippen LogP contribution in [0.4, 0.5) is 11.5 Å². The summed E-state index contributed by atoms with van der Waals surface area (Å²) in [6, 6.07) is 24.8. The van der Waals surface area contributed by atoms with E-state index in [0.29, 0.717) is 11.5 Å². The fraction of sp³-hybridized carbons (Fsp3) is 0.125. The van der Waals surface area contributed by atoms with E-state index >= 15 is 0 Å². The Morgan fingerprint density at radius 1 is 0.833 bits per heavy atom. The monoisotopic (exact) mass is 396 g/mol. The number of nitrogens with one attached hydrogen (secondary N) is 2. The van der Waals surface area contributed by atoms with E-state index in [1.54, 1.807) is 10.7 Å². The third-order valence-electron chi connectivity index (χ3n) is 5.15. The minimum atomic E-state index is -0.332. The average Bonchev–Trinajstić information content (AvgIpc) is 3.55. The zero-order valence-corrected chi connectivity index (χ0v) is 16.2. The first kappa shape index (κ1) is 18.1. The van der Waals surface area contributed by atoms with Crippen LogP contribution in [0.3, 0.4) is 0 Å². The van der Waals surface area contributed by atoms with E-state index in [2.05, 4.69) is 15.7 Å². The van der Waals surface area contributed by atoms with Gasteiger partial charge in [0.1, 0.15) is 5.82 Å². The predicted octanol–water partition coefficient (Wildman–Crippen LogP) is 4.63. The quantitative estimate of drug-likeness (QED) is 0.517. The van der Waals surface area contributed by atoms with Crippen molar-refractivity contribution in [2.45, 2.75) is 12.8 Å². The number of rotatable bonds is 5. The lowest BCUT2D eigenvalue weighted by Crippen LogP contribution is -2.16. The highest BCUT2D eigenvalue weighted by Gasteiger charge is 2.30. The minimum absolute atomic E-state index is 0.0337. The summed E-state index contributed by atoms with van der Waals surface area (Å²) in [4.78, 5) is 25.2. The number of hydrogen-bond acceptors (Lipinski definition) is 3. The highest BCUT2D eigenvalue weighted by atomic mass is 16.2. The zero-order chi connectivity index (χ0) is 20.5. The van der Waals surface area contributed by atoms with E-state index < -0.39 is 0 Å². The summed E-state index contributed by atoms with van der Waals surface area (Å²) < 4.78 is 1.59. The van der Waals surface area contributed by atoms with Crippen LogP contribution < -0.4 is 10.6 Å². The van der Waals surface area contributed by atoms with Crippen molar-refractivity contribution in [3.63, 3.8) is 0 Å². The van der Waals surface area contributed by atoms with Gasteiger partial charge >= 0.3 is 0 Å². The molecule has 3 aromatic carbocycles. The Kier molecular flexibility index (Phi) is 4.52. The summed E-state index contributed by atoms with van der Waals surface area (Å²) in [5.74, 6) is 0.177. The fourth-order valence-electron chi connectivity index (χ4n) is 3.38. The van der Waals surface area contributed by atoms with Crippen LogP contribution in [-0.2, 0) is 4.79 Å². The number of anilines is 2. The van der Waals surface area contributed by atoms with Crippen LogP contribution in [0.15, 0.2) is 78.9 Å². The number of hydrogen-bond donors (Lipinski definition) is 2. The first-order chi connectivity index (χ1) is 14.7. The SMILES string of the molecule is O=C(Nc1ccc2ccccc2c1)c1cc(NC(=O)C2CC2)n(-c2ccccc2)n1. The third kappa shape index (κ3) is 3.67. The van der Waals surface area contributed by atoms with E-state index in [4.69, 9.17) is 0 Å². The molecule has 2 amide bonds. The molecule has 0 aliphatic heterocycles. The number of fused-ring (bicyclic) bond motifs is 1. The lowest BCUT2D eigenvalue weighted by molar-refractivity contribution is -0.117. The molecule has 0 saturated heterocycles. The molecule has 1 aliphatic rings. The lowest BCUT2D eigenvalue weighted by Gasteiger charge is -2.08. The molecule has 1 saturated carbocycles. The van der Waals surface area contributed by atoms with Crippen molar-refractivity contribution in [3.8, 4) is 5.69 Å². The van der Waals surface area contributed by atoms with Gasteiger partial charge in [0.15, 0.2) is 5.69 Å². The average molecular weight is 396 g/mol. The Hall–Kier alpha value is -3.93. The van der Waals surface area contributed by atoms with Crippen molar-refractivity contribution in [1.29, 1.82) is 0 Å². The molecule has 2 N–H and O–H groups in total. The summed E-state index contributed by atoms with van der Waals surface area (Å²) in [5, 5.41) is 12.4. The van der Waals surface area contributed by atoms with Gasteiger partial charge in [-0.3, -0.25) is 9.59 Å². The van der Waals surface area contributed by atoms with E-state index in [0.717, 1.165) is 29.3 Å². The van der Waals surface area contributed by atoms with Crippen molar-refractivity contribution >= 4 is 34.1 Å². The molecule has 0 bridgehead atoms. The van der Waals surface area contributed by atoms with Gasteiger partial charge in [0.25, 0.3) is 5.91 Å². The largest absolute Gasteiger partial charge is 0.321 e. The lowest BCUT2D eigenvalue weighted by atomic mass is 10.1.